The molecule has 25 heavy (non-hydrogen) atoms. The number of ether oxygens (including phenoxy) is 2. The van der Waals surface area contributed by atoms with Gasteiger partial charge in [0.05, 0.1) is 22.1 Å². The van der Waals surface area contributed by atoms with Gasteiger partial charge in [-0.2, -0.15) is 13.2 Å². The Bertz CT molecular complexity index is 700. The first-order valence-electron chi connectivity index (χ1n) is 7.62. The van der Waals surface area contributed by atoms with Crippen LogP contribution in [-0.4, -0.2) is 38.6 Å². The van der Waals surface area contributed by atoms with E-state index < -0.39 is 29.2 Å². The molecule has 2 aliphatic rings. The van der Waals surface area contributed by atoms with E-state index in [-0.39, 0.29) is 6.61 Å². The topological polar surface area (TPSA) is 47.6 Å². The third-order valence-electron chi connectivity index (χ3n) is 5.16. The van der Waals surface area contributed by atoms with Crippen LogP contribution in [0.4, 0.5) is 13.2 Å². The van der Waals surface area contributed by atoms with E-state index in [4.69, 9.17) is 32.7 Å². The summed E-state index contributed by atoms with van der Waals surface area (Å²) in [6, 6.07) is 5.18. The number of esters is 1. The summed E-state index contributed by atoms with van der Waals surface area (Å²) in [4.78, 5) is 11.3. The summed E-state index contributed by atoms with van der Waals surface area (Å²) in [5.74, 6) is -2.21. The van der Waals surface area contributed by atoms with Gasteiger partial charge in [0.25, 0.3) is 0 Å². The zero-order valence-electron chi connectivity index (χ0n) is 13.3. The third-order valence-corrected chi connectivity index (χ3v) is 5.90. The maximum absolute atomic E-state index is 12.6. The van der Waals surface area contributed by atoms with Crippen LogP contribution in [0, 0.1) is 5.41 Å². The van der Waals surface area contributed by atoms with E-state index in [1.54, 1.807) is 18.2 Å². The van der Waals surface area contributed by atoms with Gasteiger partial charge in [0.1, 0.15) is 0 Å². The van der Waals surface area contributed by atoms with Crippen LogP contribution in [-0.2, 0) is 19.7 Å². The van der Waals surface area contributed by atoms with Crippen molar-refractivity contribution >= 4 is 29.2 Å². The fourth-order valence-corrected chi connectivity index (χ4v) is 4.26. The molecule has 1 saturated heterocycles. The lowest BCUT2D eigenvalue weighted by molar-refractivity contribution is -0.212. The van der Waals surface area contributed by atoms with Crippen LogP contribution in [0.3, 0.4) is 0 Å². The Morgan fingerprint density at radius 3 is 2.68 bits per heavy atom. The molecule has 1 heterocycles. The molecule has 1 N–H and O–H groups in total. The van der Waals surface area contributed by atoms with Crippen LogP contribution in [0.15, 0.2) is 18.2 Å². The predicted octanol–water partition coefficient (Wildman–Crippen LogP) is 3.69. The number of carbonyl (C=O) groups excluding carboxylic acids is 1. The lowest BCUT2D eigenvalue weighted by Gasteiger charge is -2.37. The molecule has 1 aliphatic heterocycles. The lowest BCUT2D eigenvalue weighted by Crippen LogP contribution is -2.53. The van der Waals surface area contributed by atoms with Crippen LogP contribution >= 0.6 is 23.2 Å². The van der Waals surface area contributed by atoms with Crippen LogP contribution in [0.2, 0.25) is 10.0 Å². The van der Waals surface area contributed by atoms with Crippen LogP contribution < -0.4 is 5.32 Å². The van der Waals surface area contributed by atoms with E-state index in [2.05, 4.69) is 5.32 Å². The van der Waals surface area contributed by atoms with Crippen molar-refractivity contribution in [1.82, 2.24) is 5.32 Å². The Morgan fingerprint density at radius 1 is 1.36 bits per heavy atom. The normalized spacial score (nSPS) is 31.4. The minimum Gasteiger partial charge on any atom is -0.439 e. The Morgan fingerprint density at radius 2 is 2.08 bits per heavy atom. The van der Waals surface area contributed by atoms with Gasteiger partial charge in [-0.1, -0.05) is 29.3 Å². The molecule has 138 valence electrons. The molecular formula is C16H16Cl2F3NO3. The van der Waals surface area contributed by atoms with Gasteiger partial charge in [-0.05, 0) is 37.1 Å². The maximum Gasteiger partial charge on any atom is 0.490 e. The number of hydrogen-bond acceptors (Lipinski definition) is 4. The Labute approximate surface area is 152 Å². The number of fused-ring (bicyclic) bond motifs is 1. The SMILES string of the molecule is COC[C@]12C[C@]1(c1ccc(Cl)c(Cl)c1)CCNC2OC(=O)C(F)(F)F. The molecule has 1 aliphatic carbocycles. The average Bonchev–Trinajstić information content (AvgIpc) is 3.20. The van der Waals surface area contributed by atoms with Crippen molar-refractivity contribution in [1.29, 1.82) is 0 Å². The van der Waals surface area contributed by atoms with Crippen molar-refractivity contribution < 1.29 is 27.4 Å². The quantitative estimate of drug-likeness (QED) is 0.787. The number of nitrogens with one attached hydrogen (secondary N) is 1. The van der Waals surface area contributed by atoms with E-state index >= 15 is 0 Å². The largest absolute Gasteiger partial charge is 0.490 e. The minimum absolute atomic E-state index is 0.149. The van der Waals surface area contributed by atoms with Crippen molar-refractivity contribution in [3.63, 3.8) is 0 Å². The first-order chi connectivity index (χ1) is 11.7. The zero-order chi connectivity index (χ0) is 18.5. The molecule has 0 spiro atoms. The van der Waals surface area contributed by atoms with Crippen LogP contribution in [0.25, 0.3) is 0 Å². The number of hydrogen-bond donors (Lipinski definition) is 1. The number of benzene rings is 1. The third kappa shape index (κ3) is 3.01. The van der Waals surface area contributed by atoms with Crippen molar-refractivity contribution in [3.05, 3.63) is 33.8 Å². The highest BCUT2D eigenvalue weighted by Crippen LogP contribution is 2.70. The van der Waals surface area contributed by atoms with E-state index in [1.165, 1.54) is 7.11 Å². The summed E-state index contributed by atoms with van der Waals surface area (Å²) in [6.45, 7) is 0.553. The molecule has 1 aromatic rings. The van der Waals surface area contributed by atoms with E-state index in [1.807, 2.05) is 0 Å². The number of rotatable bonds is 4. The molecule has 4 nitrogen and oxygen atoms in total. The minimum atomic E-state index is -5.05. The highest BCUT2D eigenvalue weighted by Gasteiger charge is 2.74. The number of piperidine rings is 1. The second kappa shape index (κ2) is 6.30. The summed E-state index contributed by atoms with van der Waals surface area (Å²) in [5, 5.41) is 3.64. The van der Waals surface area contributed by atoms with Gasteiger partial charge in [0, 0.05) is 12.5 Å². The molecular weight excluding hydrogens is 382 g/mol. The van der Waals surface area contributed by atoms with Gasteiger partial charge in [0.15, 0.2) is 6.23 Å². The monoisotopic (exact) mass is 397 g/mol. The van der Waals surface area contributed by atoms with Crippen molar-refractivity contribution in [3.8, 4) is 0 Å². The molecule has 1 unspecified atom stereocenters. The van der Waals surface area contributed by atoms with Crippen molar-refractivity contribution in [2.45, 2.75) is 30.7 Å². The van der Waals surface area contributed by atoms with Gasteiger partial charge in [-0.3, -0.25) is 5.32 Å². The molecule has 0 aromatic heterocycles. The van der Waals surface area contributed by atoms with Crippen LogP contribution in [0.1, 0.15) is 18.4 Å². The van der Waals surface area contributed by atoms with Gasteiger partial charge in [-0.25, -0.2) is 4.79 Å². The second-order valence-electron chi connectivity index (χ2n) is 6.46. The summed E-state index contributed by atoms with van der Waals surface area (Å²) in [7, 11) is 1.46. The van der Waals surface area contributed by atoms with Gasteiger partial charge in [-0.15, -0.1) is 0 Å². The van der Waals surface area contributed by atoms with Crippen molar-refractivity contribution in [2.75, 3.05) is 20.3 Å². The molecule has 3 atom stereocenters. The summed E-state index contributed by atoms with van der Waals surface area (Å²) >= 11 is 12.1. The average molecular weight is 398 g/mol. The molecule has 0 radical (unpaired) electrons. The van der Waals surface area contributed by atoms with E-state index in [0.717, 1.165) is 5.56 Å². The molecule has 0 amide bonds. The molecule has 0 bridgehead atoms. The Balaban J connectivity index is 1.93. The maximum atomic E-state index is 12.6. The molecule has 1 aromatic carbocycles. The first-order valence-corrected chi connectivity index (χ1v) is 8.37. The van der Waals surface area contributed by atoms with Crippen molar-refractivity contribution in [2.24, 2.45) is 5.41 Å². The highest BCUT2D eigenvalue weighted by molar-refractivity contribution is 6.42. The molecule has 1 saturated carbocycles. The fourth-order valence-electron chi connectivity index (χ4n) is 3.97. The second-order valence-corrected chi connectivity index (χ2v) is 7.28. The number of carbonyl (C=O) groups is 1. The first kappa shape index (κ1) is 18.8. The number of methoxy groups -OCH3 is 1. The van der Waals surface area contributed by atoms with Crippen LogP contribution in [0.5, 0.6) is 0 Å². The highest BCUT2D eigenvalue weighted by atomic mass is 35.5. The predicted molar refractivity (Wildman–Crippen MR) is 85.6 cm³/mol. The zero-order valence-corrected chi connectivity index (χ0v) is 14.8. The standard InChI is InChI=1S/C16H16Cl2F3NO3/c1-24-8-15-7-14(15,9-2-3-10(17)11(18)6-9)4-5-22-12(15)25-13(23)16(19,20)21/h2-3,6,12,22H,4-5,7-8H2,1H3/t12?,14-,15-/m0/s1. The van der Waals surface area contributed by atoms with Gasteiger partial charge in [0.2, 0.25) is 0 Å². The Hall–Kier alpha value is -1.02. The van der Waals surface area contributed by atoms with E-state index in [0.29, 0.717) is 29.4 Å². The van der Waals surface area contributed by atoms with Gasteiger partial charge >= 0.3 is 12.1 Å². The summed E-state index contributed by atoms with van der Waals surface area (Å²) in [5.41, 5.74) is -0.398. The lowest BCUT2D eigenvalue weighted by atomic mass is 9.80. The number of alkyl halides is 3. The smallest absolute Gasteiger partial charge is 0.439 e. The molecule has 9 heteroatoms. The fraction of sp³-hybridized carbons (Fsp3) is 0.562. The summed E-state index contributed by atoms with van der Waals surface area (Å²) < 4.78 is 47.8. The summed E-state index contributed by atoms with van der Waals surface area (Å²) in [6.07, 6.45) is -4.96. The van der Waals surface area contributed by atoms with E-state index in [9.17, 15) is 18.0 Å². The number of halogens is 5. The van der Waals surface area contributed by atoms with Gasteiger partial charge < -0.3 is 9.47 Å². The molecule has 3 rings (SSSR count). The Kier molecular flexibility index (Phi) is 4.73. The molecule has 2 fully saturated rings.